The van der Waals surface area contributed by atoms with E-state index in [1.807, 2.05) is 0 Å². The maximum atomic E-state index is 11.9. The van der Waals surface area contributed by atoms with Crippen molar-refractivity contribution in [1.29, 1.82) is 0 Å². The molecule has 0 spiro atoms. The average molecular weight is 340 g/mol. The molecule has 0 aliphatic heterocycles. The topological polar surface area (TPSA) is 27.7 Å². The summed E-state index contributed by atoms with van der Waals surface area (Å²) in [7, 11) is -0.818. The van der Waals surface area contributed by atoms with Crippen LogP contribution >= 0.6 is 0 Å². The summed E-state index contributed by atoms with van der Waals surface area (Å²) in [5.74, 6) is 0. The van der Waals surface area contributed by atoms with Crippen molar-refractivity contribution in [2.45, 2.75) is 24.1 Å². The molecule has 0 atom stereocenters. The molecule has 0 saturated carbocycles. The largest absolute Gasteiger partial charge is 0.411 e. The normalized spacial score (nSPS) is 14.8. The molecule has 3 nitrogen and oxygen atoms in total. The maximum Gasteiger partial charge on any atom is 0.411 e. The number of ether oxygens (including phenoxy) is 3. The van der Waals surface area contributed by atoms with Crippen molar-refractivity contribution in [3.63, 3.8) is 0 Å². The minimum absolute atomic E-state index is 0.818. The smallest absolute Gasteiger partial charge is 0.323 e. The molecule has 0 aromatic heterocycles. The fourth-order valence-corrected chi connectivity index (χ4v) is 1.20. The van der Waals surface area contributed by atoms with E-state index in [9.17, 15) is 39.5 Å². The number of hydrogen-bond donors (Lipinski definition) is 0. The first-order valence-corrected chi connectivity index (χ1v) is 5.74. The first-order valence-electron chi connectivity index (χ1n) is 4.74. The maximum absolute atomic E-state index is 11.9. The summed E-state index contributed by atoms with van der Waals surface area (Å²) in [5, 5.41) is 0. The molecule has 0 saturated heterocycles. The van der Waals surface area contributed by atoms with Gasteiger partial charge in [0.15, 0.2) is 0 Å². The van der Waals surface area contributed by atoms with Crippen LogP contribution in [-0.2, 0) is 14.2 Å². The first-order chi connectivity index (χ1) is 8.62. The van der Waals surface area contributed by atoms with Gasteiger partial charge in [-0.3, -0.25) is 0 Å². The van der Waals surface area contributed by atoms with Crippen molar-refractivity contribution < 1.29 is 53.7 Å². The quantitative estimate of drug-likeness (QED) is 0.419. The lowest BCUT2D eigenvalue weighted by Crippen LogP contribution is -2.46. The van der Waals surface area contributed by atoms with E-state index < -0.39 is 54.2 Å². The Kier molecular flexibility index (Phi) is 6.32. The number of hydrogen-bond acceptors (Lipinski definition) is 3. The van der Waals surface area contributed by atoms with Crippen LogP contribution in [-0.4, -0.2) is 54.2 Å². The summed E-state index contributed by atoms with van der Waals surface area (Å²) in [6, 6.07) is 0. The molecular weight excluding hydrogens is 331 g/mol. The van der Waals surface area contributed by atoms with Crippen LogP contribution in [0, 0.1) is 0 Å². The molecule has 0 rings (SSSR count). The zero-order valence-electron chi connectivity index (χ0n) is 9.75. The average Bonchev–Trinajstić information content (AvgIpc) is 2.18. The van der Waals surface area contributed by atoms with Gasteiger partial charge in [-0.15, -0.1) is 0 Å². The van der Waals surface area contributed by atoms with Crippen LogP contribution in [0.2, 0.25) is 0 Å². The molecule has 122 valence electrons. The van der Waals surface area contributed by atoms with Gasteiger partial charge in [0.1, 0.15) is 30.1 Å². The van der Waals surface area contributed by atoms with Crippen LogP contribution < -0.4 is 0 Å². The zero-order valence-corrected chi connectivity index (χ0v) is 11.7. The fraction of sp³-hybridized carbons (Fsp3) is 1.00. The van der Waals surface area contributed by atoms with Crippen LogP contribution in [0.5, 0.6) is 0 Å². The SMILES string of the molecule is FC(F)(F)COC([SiH3])(OCC(F)(F)F)OCC(F)(F)F. The molecule has 0 amide bonds. The molecule has 0 aromatic rings. The van der Waals surface area contributed by atoms with Gasteiger partial charge in [0.25, 0.3) is 0 Å². The molecule has 0 radical (unpaired) electrons. The molecule has 13 heteroatoms. The lowest BCUT2D eigenvalue weighted by molar-refractivity contribution is -0.380. The van der Waals surface area contributed by atoms with E-state index in [2.05, 4.69) is 14.2 Å². The van der Waals surface area contributed by atoms with Gasteiger partial charge in [-0.1, -0.05) is 0 Å². The van der Waals surface area contributed by atoms with Crippen molar-refractivity contribution in [2.75, 3.05) is 19.8 Å². The van der Waals surface area contributed by atoms with E-state index in [1.54, 1.807) is 0 Å². The van der Waals surface area contributed by atoms with Crippen LogP contribution in [0.4, 0.5) is 39.5 Å². The van der Waals surface area contributed by atoms with Gasteiger partial charge in [0.05, 0.1) is 0 Å². The molecule has 0 aliphatic carbocycles. The molecule has 0 aliphatic rings. The van der Waals surface area contributed by atoms with Crippen molar-refractivity contribution in [3.8, 4) is 0 Å². The van der Waals surface area contributed by atoms with Gasteiger partial charge >= 0.3 is 18.5 Å². The lowest BCUT2D eigenvalue weighted by atomic mass is 10.7. The highest BCUT2D eigenvalue weighted by atomic mass is 28.1. The van der Waals surface area contributed by atoms with Gasteiger partial charge in [-0.2, -0.15) is 39.5 Å². The van der Waals surface area contributed by atoms with E-state index in [-0.39, 0.29) is 0 Å². The lowest BCUT2D eigenvalue weighted by Gasteiger charge is -2.31. The summed E-state index contributed by atoms with van der Waals surface area (Å²) in [4.78, 5) is 0. The van der Waals surface area contributed by atoms with Crippen LogP contribution in [0.1, 0.15) is 0 Å². The molecule has 0 unspecified atom stereocenters. The summed E-state index contributed by atoms with van der Waals surface area (Å²) < 4.78 is 118. The highest BCUT2D eigenvalue weighted by Crippen LogP contribution is 2.25. The summed E-state index contributed by atoms with van der Waals surface area (Å²) in [6.07, 6.45) is -14.9. The van der Waals surface area contributed by atoms with Crippen LogP contribution in [0.15, 0.2) is 0 Å². The summed E-state index contributed by atoms with van der Waals surface area (Å²) in [5.41, 5.74) is -3.00. The van der Waals surface area contributed by atoms with Gasteiger partial charge in [0, 0.05) is 0 Å². The van der Waals surface area contributed by atoms with Crippen LogP contribution in [0.25, 0.3) is 0 Å². The second-order valence-corrected chi connectivity index (χ2v) is 4.80. The zero-order chi connectivity index (χ0) is 16.2. The van der Waals surface area contributed by atoms with Crippen molar-refractivity contribution in [1.82, 2.24) is 0 Å². The van der Waals surface area contributed by atoms with E-state index >= 15 is 0 Å². The third-order valence-corrected chi connectivity index (χ3v) is 2.36. The summed E-state index contributed by atoms with van der Waals surface area (Å²) in [6.45, 7) is -6.31. The van der Waals surface area contributed by atoms with E-state index in [1.165, 1.54) is 0 Å². The Morgan fingerprint density at radius 3 is 0.900 bits per heavy atom. The first kappa shape index (κ1) is 19.5. The highest BCUT2D eigenvalue weighted by molar-refractivity contribution is 6.12. The van der Waals surface area contributed by atoms with E-state index in [0.717, 1.165) is 0 Å². The van der Waals surface area contributed by atoms with E-state index in [4.69, 9.17) is 0 Å². The van der Waals surface area contributed by atoms with Crippen molar-refractivity contribution in [2.24, 2.45) is 0 Å². The number of halogens is 9. The van der Waals surface area contributed by atoms with Gasteiger partial charge in [-0.25, -0.2) is 0 Å². The summed E-state index contributed by atoms with van der Waals surface area (Å²) >= 11 is 0. The Morgan fingerprint density at radius 1 is 0.550 bits per heavy atom. The van der Waals surface area contributed by atoms with Gasteiger partial charge in [-0.05, 0) is 0 Å². The third-order valence-electron chi connectivity index (χ3n) is 1.49. The Bertz CT molecular complexity index is 252. The molecule has 0 heterocycles. The number of alkyl halides is 9. The van der Waals surface area contributed by atoms with Crippen molar-refractivity contribution >= 4 is 10.2 Å². The second-order valence-electron chi connectivity index (χ2n) is 3.57. The second kappa shape index (κ2) is 6.49. The molecule has 20 heavy (non-hydrogen) atoms. The predicted octanol–water partition coefficient (Wildman–Crippen LogP) is 1.70. The fourth-order valence-electron chi connectivity index (χ4n) is 0.764. The highest BCUT2D eigenvalue weighted by Gasteiger charge is 2.41. The van der Waals surface area contributed by atoms with E-state index in [0.29, 0.717) is 0 Å². The molecule has 0 aromatic carbocycles. The minimum Gasteiger partial charge on any atom is -0.323 e. The number of rotatable bonds is 6. The molecule has 0 N–H and O–H groups in total. The standard InChI is InChI=1S/C7H9F9O3Si/c8-4(9,10)1-17-7(20,18-2-5(11,12)13)19-3-6(14,15)16/h1-3H2,20H3. The minimum atomic E-state index is -4.96. The predicted molar refractivity (Wildman–Crippen MR) is 48.7 cm³/mol. The third kappa shape index (κ3) is 11.3. The Balaban J connectivity index is 4.66. The van der Waals surface area contributed by atoms with Gasteiger partial charge < -0.3 is 14.2 Å². The van der Waals surface area contributed by atoms with Crippen LogP contribution in [0.3, 0.4) is 0 Å². The van der Waals surface area contributed by atoms with Crippen molar-refractivity contribution in [3.05, 3.63) is 0 Å². The Morgan fingerprint density at radius 2 is 0.750 bits per heavy atom. The Labute approximate surface area is 109 Å². The molecule has 0 fully saturated rings. The Hall–Kier alpha value is -0.533. The molecular formula is C7H9F9O3Si. The van der Waals surface area contributed by atoms with Gasteiger partial charge in [0.2, 0.25) is 5.60 Å². The molecule has 0 bridgehead atoms. The monoisotopic (exact) mass is 340 g/mol.